The van der Waals surface area contributed by atoms with Gasteiger partial charge < -0.3 is 9.64 Å². The molecule has 0 bridgehead atoms. The molecule has 1 unspecified atom stereocenters. The standard InChI is InChI=1S/C17H17ClN2O4S/c18-13-6-8-14(9-7-13)20-11-15(24-12-17(20)21)10-19-25(22,23)16-4-2-1-3-5-16/h1-9,15,19H,10-12H2. The number of amides is 1. The lowest BCUT2D eigenvalue weighted by Gasteiger charge is -2.32. The van der Waals surface area contributed by atoms with Crippen molar-refractivity contribution in [3.05, 3.63) is 59.6 Å². The van der Waals surface area contributed by atoms with Gasteiger partial charge in [0.2, 0.25) is 10.0 Å². The van der Waals surface area contributed by atoms with Gasteiger partial charge in [0.25, 0.3) is 5.91 Å². The number of rotatable bonds is 5. The first kappa shape index (κ1) is 17.9. The molecular weight excluding hydrogens is 364 g/mol. The number of benzene rings is 2. The maximum Gasteiger partial charge on any atom is 0.253 e. The van der Waals surface area contributed by atoms with E-state index in [4.69, 9.17) is 16.3 Å². The van der Waals surface area contributed by atoms with Crippen LogP contribution in [0.3, 0.4) is 0 Å². The third-order valence-corrected chi connectivity index (χ3v) is 5.51. The number of halogens is 1. The van der Waals surface area contributed by atoms with Crippen LogP contribution in [0.4, 0.5) is 5.69 Å². The molecule has 0 spiro atoms. The summed E-state index contributed by atoms with van der Waals surface area (Å²) in [6.07, 6.45) is -0.438. The van der Waals surface area contributed by atoms with Crippen molar-refractivity contribution in [1.82, 2.24) is 4.72 Å². The van der Waals surface area contributed by atoms with E-state index >= 15 is 0 Å². The molecule has 1 atom stereocenters. The van der Waals surface area contributed by atoms with E-state index < -0.39 is 16.1 Å². The largest absolute Gasteiger partial charge is 0.365 e. The zero-order valence-electron chi connectivity index (χ0n) is 13.3. The molecule has 1 heterocycles. The molecule has 1 fully saturated rings. The molecule has 1 aliphatic rings. The average Bonchev–Trinajstić information content (AvgIpc) is 2.63. The quantitative estimate of drug-likeness (QED) is 0.861. The Morgan fingerprint density at radius 3 is 2.48 bits per heavy atom. The van der Waals surface area contributed by atoms with Crippen LogP contribution in [0, 0.1) is 0 Å². The normalized spacial score (nSPS) is 18.4. The SMILES string of the molecule is O=C1COC(CNS(=O)(=O)c2ccccc2)CN1c1ccc(Cl)cc1. The average molecular weight is 381 g/mol. The van der Waals surface area contributed by atoms with Crippen LogP contribution in [-0.2, 0) is 19.6 Å². The first-order chi connectivity index (χ1) is 12.0. The van der Waals surface area contributed by atoms with Crippen molar-refractivity contribution in [2.75, 3.05) is 24.6 Å². The fourth-order valence-corrected chi connectivity index (χ4v) is 3.72. The number of hydrogen-bond donors (Lipinski definition) is 1. The topological polar surface area (TPSA) is 75.7 Å². The van der Waals surface area contributed by atoms with Gasteiger partial charge in [0.1, 0.15) is 6.61 Å². The van der Waals surface area contributed by atoms with Crippen LogP contribution in [0.5, 0.6) is 0 Å². The Kier molecular flexibility index (Phi) is 5.39. The van der Waals surface area contributed by atoms with Gasteiger partial charge in [-0.05, 0) is 36.4 Å². The van der Waals surface area contributed by atoms with E-state index in [0.717, 1.165) is 0 Å². The van der Waals surface area contributed by atoms with Crippen LogP contribution >= 0.6 is 11.6 Å². The summed E-state index contributed by atoms with van der Waals surface area (Å²) in [6.45, 7) is 0.243. The van der Waals surface area contributed by atoms with Gasteiger partial charge in [0, 0.05) is 17.3 Å². The van der Waals surface area contributed by atoms with Gasteiger partial charge in [-0.25, -0.2) is 13.1 Å². The predicted octanol–water partition coefficient (Wildman–Crippen LogP) is 2.05. The molecule has 0 aliphatic carbocycles. The van der Waals surface area contributed by atoms with Gasteiger partial charge in [0.05, 0.1) is 17.5 Å². The molecule has 1 amide bonds. The lowest BCUT2D eigenvalue weighted by molar-refractivity contribution is -0.129. The summed E-state index contributed by atoms with van der Waals surface area (Å²) in [5.74, 6) is -0.176. The summed E-state index contributed by atoms with van der Waals surface area (Å²) in [5.41, 5.74) is 0.702. The summed E-state index contributed by atoms with van der Waals surface area (Å²) in [6, 6.07) is 15.0. The van der Waals surface area contributed by atoms with Gasteiger partial charge >= 0.3 is 0 Å². The van der Waals surface area contributed by atoms with Crippen molar-refractivity contribution >= 4 is 33.2 Å². The molecule has 1 N–H and O–H groups in total. The van der Waals surface area contributed by atoms with Crippen LogP contribution < -0.4 is 9.62 Å². The molecule has 6 nitrogen and oxygen atoms in total. The van der Waals surface area contributed by atoms with Gasteiger partial charge in [-0.1, -0.05) is 29.8 Å². The van der Waals surface area contributed by atoms with Crippen molar-refractivity contribution < 1.29 is 17.9 Å². The number of nitrogens with one attached hydrogen (secondary N) is 1. The Hall–Kier alpha value is -1.93. The smallest absolute Gasteiger partial charge is 0.253 e. The highest BCUT2D eigenvalue weighted by molar-refractivity contribution is 7.89. The lowest BCUT2D eigenvalue weighted by atomic mass is 10.2. The molecule has 0 saturated carbocycles. The van der Waals surface area contributed by atoms with E-state index in [9.17, 15) is 13.2 Å². The number of hydrogen-bond acceptors (Lipinski definition) is 4. The van der Waals surface area contributed by atoms with Gasteiger partial charge in [0.15, 0.2) is 0 Å². The Labute approximate surface area is 151 Å². The molecule has 25 heavy (non-hydrogen) atoms. The molecule has 3 rings (SSSR count). The number of morpholine rings is 1. The van der Waals surface area contributed by atoms with E-state index in [0.29, 0.717) is 10.7 Å². The molecular formula is C17H17ClN2O4S. The van der Waals surface area contributed by atoms with Crippen molar-refractivity contribution in [1.29, 1.82) is 0 Å². The maximum atomic E-state index is 12.3. The van der Waals surface area contributed by atoms with E-state index in [-0.39, 0.29) is 30.5 Å². The Balaban J connectivity index is 1.66. The van der Waals surface area contributed by atoms with Crippen molar-refractivity contribution in [2.24, 2.45) is 0 Å². The van der Waals surface area contributed by atoms with E-state index in [1.54, 1.807) is 47.4 Å². The molecule has 0 aromatic heterocycles. The predicted molar refractivity (Wildman–Crippen MR) is 95.2 cm³/mol. The zero-order valence-corrected chi connectivity index (χ0v) is 14.8. The van der Waals surface area contributed by atoms with Crippen LogP contribution in [-0.4, -0.2) is 40.1 Å². The molecule has 0 radical (unpaired) electrons. The van der Waals surface area contributed by atoms with E-state index in [1.807, 2.05) is 0 Å². The Morgan fingerprint density at radius 1 is 1.12 bits per heavy atom. The van der Waals surface area contributed by atoms with E-state index in [1.165, 1.54) is 12.1 Å². The number of ether oxygens (including phenoxy) is 1. The maximum absolute atomic E-state index is 12.3. The second-order valence-corrected chi connectivity index (χ2v) is 7.78. The second kappa shape index (κ2) is 7.53. The summed E-state index contributed by atoms with van der Waals surface area (Å²) < 4.78 is 32.5. The number of anilines is 1. The fourth-order valence-electron chi connectivity index (χ4n) is 2.50. The monoisotopic (exact) mass is 380 g/mol. The third kappa shape index (κ3) is 4.38. The summed E-state index contributed by atoms with van der Waals surface area (Å²) in [7, 11) is -3.61. The minimum Gasteiger partial charge on any atom is -0.365 e. The fraction of sp³-hybridized carbons (Fsp3) is 0.235. The Morgan fingerprint density at radius 2 is 1.80 bits per heavy atom. The van der Waals surface area contributed by atoms with Crippen molar-refractivity contribution in [3.63, 3.8) is 0 Å². The Bertz CT molecular complexity index is 841. The third-order valence-electron chi connectivity index (χ3n) is 3.82. The first-order valence-electron chi connectivity index (χ1n) is 7.68. The van der Waals surface area contributed by atoms with Gasteiger partial charge in [-0.3, -0.25) is 4.79 Å². The highest BCUT2D eigenvalue weighted by atomic mass is 35.5. The van der Waals surface area contributed by atoms with Gasteiger partial charge in [-0.2, -0.15) is 0 Å². The lowest BCUT2D eigenvalue weighted by Crippen LogP contribution is -2.50. The number of carbonyl (C=O) groups is 1. The van der Waals surface area contributed by atoms with Crippen LogP contribution in [0.1, 0.15) is 0 Å². The van der Waals surface area contributed by atoms with E-state index in [2.05, 4.69) is 4.72 Å². The molecule has 1 aliphatic heterocycles. The van der Waals surface area contributed by atoms with Crippen molar-refractivity contribution in [3.8, 4) is 0 Å². The summed E-state index contributed by atoms with van der Waals surface area (Å²) in [4.78, 5) is 13.8. The van der Waals surface area contributed by atoms with Crippen LogP contribution in [0.25, 0.3) is 0 Å². The van der Waals surface area contributed by atoms with Crippen LogP contribution in [0.15, 0.2) is 59.5 Å². The van der Waals surface area contributed by atoms with Gasteiger partial charge in [-0.15, -0.1) is 0 Å². The van der Waals surface area contributed by atoms with Crippen molar-refractivity contribution in [2.45, 2.75) is 11.0 Å². The summed E-state index contributed by atoms with van der Waals surface area (Å²) in [5, 5.41) is 0.580. The molecule has 132 valence electrons. The minimum absolute atomic E-state index is 0.0780. The zero-order chi connectivity index (χ0) is 17.9. The second-order valence-electron chi connectivity index (χ2n) is 5.58. The molecule has 2 aromatic carbocycles. The van der Waals surface area contributed by atoms with Crippen LogP contribution in [0.2, 0.25) is 5.02 Å². The number of sulfonamides is 1. The molecule has 2 aromatic rings. The molecule has 1 saturated heterocycles. The number of carbonyl (C=O) groups excluding carboxylic acids is 1. The summed E-state index contributed by atoms with van der Waals surface area (Å²) >= 11 is 5.87. The minimum atomic E-state index is -3.61. The highest BCUT2D eigenvalue weighted by Gasteiger charge is 2.28. The molecule has 8 heteroatoms. The highest BCUT2D eigenvalue weighted by Crippen LogP contribution is 2.21. The first-order valence-corrected chi connectivity index (χ1v) is 9.54. The number of nitrogens with zero attached hydrogens (tertiary/aromatic N) is 1.